The van der Waals surface area contributed by atoms with Crippen molar-refractivity contribution in [2.24, 2.45) is 0 Å². The Morgan fingerprint density at radius 1 is 1.32 bits per heavy atom. The van der Waals surface area contributed by atoms with Gasteiger partial charge in [-0.25, -0.2) is 4.79 Å². The molecular formula is C18H22N4O3. The number of rotatable bonds is 2. The molecule has 4 rings (SSSR count). The zero-order valence-electron chi connectivity index (χ0n) is 14.5. The number of ether oxygens (including phenoxy) is 2. The quantitative estimate of drug-likeness (QED) is 0.879. The summed E-state index contributed by atoms with van der Waals surface area (Å²) in [6.45, 7) is 6.37. The number of benzene rings is 1. The number of hydrogen-bond acceptors (Lipinski definition) is 4. The summed E-state index contributed by atoms with van der Waals surface area (Å²) in [5.74, 6) is 1.41. The molecule has 0 fully saturated rings. The number of nitrogens with zero attached hydrogens (tertiary/aromatic N) is 2. The van der Waals surface area contributed by atoms with E-state index in [1.807, 2.05) is 24.0 Å². The van der Waals surface area contributed by atoms with Crippen LogP contribution < -0.4 is 14.8 Å². The fourth-order valence-electron chi connectivity index (χ4n) is 3.34. The first-order chi connectivity index (χ1) is 12.2. The van der Waals surface area contributed by atoms with Crippen LogP contribution in [0.25, 0.3) is 0 Å². The first-order valence-electron chi connectivity index (χ1n) is 8.67. The van der Waals surface area contributed by atoms with E-state index in [0.717, 1.165) is 46.8 Å². The Morgan fingerprint density at radius 2 is 2.08 bits per heavy atom. The molecule has 1 aromatic heterocycles. The molecule has 2 N–H and O–H groups in total. The predicted molar refractivity (Wildman–Crippen MR) is 93.3 cm³/mol. The van der Waals surface area contributed by atoms with Gasteiger partial charge in [-0.2, -0.15) is 5.10 Å². The minimum Gasteiger partial charge on any atom is -0.486 e. The van der Waals surface area contributed by atoms with Gasteiger partial charge < -0.3 is 19.7 Å². The first kappa shape index (κ1) is 15.8. The third-order valence-electron chi connectivity index (χ3n) is 4.77. The monoisotopic (exact) mass is 342 g/mol. The lowest BCUT2D eigenvalue weighted by molar-refractivity contribution is 0.171. The van der Waals surface area contributed by atoms with Crippen molar-refractivity contribution in [1.82, 2.24) is 15.1 Å². The van der Waals surface area contributed by atoms with E-state index in [1.54, 1.807) is 0 Å². The largest absolute Gasteiger partial charge is 0.486 e. The molecule has 0 bridgehead atoms. The maximum Gasteiger partial charge on any atom is 0.322 e. The van der Waals surface area contributed by atoms with E-state index in [-0.39, 0.29) is 6.03 Å². The minimum atomic E-state index is -0.103. The predicted octanol–water partition coefficient (Wildman–Crippen LogP) is 2.64. The summed E-state index contributed by atoms with van der Waals surface area (Å²) in [5.41, 5.74) is 5.05. The maximum atomic E-state index is 12.7. The van der Waals surface area contributed by atoms with Crippen molar-refractivity contribution < 1.29 is 14.3 Å². The number of urea groups is 1. The van der Waals surface area contributed by atoms with Crippen LogP contribution in [0.1, 0.15) is 29.4 Å². The maximum absolute atomic E-state index is 12.7. The number of aromatic nitrogens is 2. The molecule has 7 heteroatoms. The van der Waals surface area contributed by atoms with Crippen LogP contribution in [0.2, 0.25) is 0 Å². The fourth-order valence-corrected chi connectivity index (χ4v) is 3.34. The van der Waals surface area contributed by atoms with Crippen molar-refractivity contribution in [3.8, 4) is 11.5 Å². The highest BCUT2D eigenvalue weighted by atomic mass is 16.6. The van der Waals surface area contributed by atoms with Gasteiger partial charge in [0, 0.05) is 36.0 Å². The van der Waals surface area contributed by atoms with Crippen LogP contribution in [0, 0.1) is 6.92 Å². The Morgan fingerprint density at radius 3 is 2.84 bits per heavy atom. The van der Waals surface area contributed by atoms with Gasteiger partial charge in [0.05, 0.1) is 12.2 Å². The average molecular weight is 342 g/mol. The number of nitrogens with one attached hydrogen (secondary N) is 2. The van der Waals surface area contributed by atoms with Gasteiger partial charge in [-0.15, -0.1) is 0 Å². The van der Waals surface area contributed by atoms with Crippen LogP contribution in [0.4, 0.5) is 10.5 Å². The van der Waals surface area contributed by atoms with Gasteiger partial charge >= 0.3 is 6.03 Å². The number of amides is 2. The van der Waals surface area contributed by atoms with E-state index < -0.39 is 0 Å². The van der Waals surface area contributed by atoms with Crippen LogP contribution in [-0.2, 0) is 19.4 Å². The summed E-state index contributed by atoms with van der Waals surface area (Å²) < 4.78 is 11.2. The summed E-state index contributed by atoms with van der Waals surface area (Å²) >= 11 is 0. The van der Waals surface area contributed by atoms with Crippen LogP contribution in [0.15, 0.2) is 12.1 Å². The number of anilines is 1. The molecule has 0 unspecified atom stereocenters. The van der Waals surface area contributed by atoms with Crippen molar-refractivity contribution in [3.05, 3.63) is 34.6 Å². The Hall–Kier alpha value is -2.70. The number of fused-ring (bicyclic) bond motifs is 2. The molecule has 132 valence electrons. The highest BCUT2D eigenvalue weighted by Gasteiger charge is 2.25. The smallest absolute Gasteiger partial charge is 0.322 e. The molecule has 0 radical (unpaired) electrons. The fraction of sp³-hybridized carbons (Fsp3) is 0.444. The van der Waals surface area contributed by atoms with Crippen molar-refractivity contribution in [2.45, 2.75) is 33.2 Å². The molecule has 0 saturated heterocycles. The lowest BCUT2D eigenvalue weighted by Crippen LogP contribution is -2.39. The van der Waals surface area contributed by atoms with E-state index in [2.05, 4.69) is 22.4 Å². The van der Waals surface area contributed by atoms with Crippen LogP contribution in [0.5, 0.6) is 11.5 Å². The van der Waals surface area contributed by atoms with Gasteiger partial charge in [-0.05, 0) is 25.0 Å². The summed E-state index contributed by atoms with van der Waals surface area (Å²) in [6, 6.07) is 3.64. The Kier molecular flexibility index (Phi) is 3.99. The standard InChI is InChI=1S/C18H22N4O3/c1-3-13-12-10-22(5-4-14(12)21-20-13)18(23)19-15-9-17-16(8-11(15)2)24-6-7-25-17/h8-9H,3-7,10H2,1-2H3,(H,19,23)(H,20,21). The van der Waals surface area contributed by atoms with Gasteiger partial charge in [0.25, 0.3) is 0 Å². The zero-order valence-corrected chi connectivity index (χ0v) is 14.5. The lowest BCUT2D eigenvalue weighted by atomic mass is 10.0. The van der Waals surface area contributed by atoms with Gasteiger partial charge in [0.2, 0.25) is 0 Å². The third-order valence-corrected chi connectivity index (χ3v) is 4.77. The number of aryl methyl sites for hydroxylation is 2. The Bertz CT molecular complexity index is 801. The lowest BCUT2D eigenvalue weighted by Gasteiger charge is -2.28. The highest BCUT2D eigenvalue weighted by molar-refractivity contribution is 5.91. The molecule has 2 aromatic rings. The van der Waals surface area contributed by atoms with Gasteiger partial charge in [-0.3, -0.25) is 5.10 Å². The van der Waals surface area contributed by atoms with E-state index in [0.29, 0.717) is 32.1 Å². The van der Waals surface area contributed by atoms with Crippen molar-refractivity contribution in [1.29, 1.82) is 0 Å². The molecule has 0 saturated carbocycles. The van der Waals surface area contributed by atoms with Crippen molar-refractivity contribution >= 4 is 11.7 Å². The average Bonchev–Trinajstić information content (AvgIpc) is 3.04. The second kappa shape index (κ2) is 6.31. The van der Waals surface area contributed by atoms with Crippen molar-refractivity contribution in [3.63, 3.8) is 0 Å². The van der Waals surface area contributed by atoms with Crippen LogP contribution in [0.3, 0.4) is 0 Å². The topological polar surface area (TPSA) is 79.5 Å². The normalized spacial score (nSPS) is 15.7. The number of carbonyl (C=O) groups is 1. The number of H-pyrrole nitrogens is 1. The van der Waals surface area contributed by atoms with Gasteiger partial charge in [0.1, 0.15) is 13.2 Å². The molecule has 2 amide bonds. The molecule has 3 heterocycles. The second-order valence-electron chi connectivity index (χ2n) is 6.39. The molecule has 25 heavy (non-hydrogen) atoms. The molecule has 0 aliphatic carbocycles. The van der Waals surface area contributed by atoms with E-state index in [4.69, 9.17) is 9.47 Å². The Balaban J connectivity index is 1.51. The van der Waals surface area contributed by atoms with Gasteiger partial charge in [0.15, 0.2) is 11.5 Å². The number of carbonyl (C=O) groups excluding carboxylic acids is 1. The molecule has 1 aromatic carbocycles. The Labute approximate surface area is 146 Å². The van der Waals surface area contributed by atoms with Gasteiger partial charge in [-0.1, -0.05) is 6.92 Å². The number of hydrogen-bond donors (Lipinski definition) is 2. The molecule has 7 nitrogen and oxygen atoms in total. The number of aromatic amines is 1. The summed E-state index contributed by atoms with van der Waals surface area (Å²) in [6.07, 6.45) is 1.67. The minimum absolute atomic E-state index is 0.103. The molecular weight excluding hydrogens is 320 g/mol. The second-order valence-corrected chi connectivity index (χ2v) is 6.39. The summed E-state index contributed by atoms with van der Waals surface area (Å²) in [4.78, 5) is 14.6. The van der Waals surface area contributed by atoms with Crippen molar-refractivity contribution in [2.75, 3.05) is 25.1 Å². The zero-order chi connectivity index (χ0) is 17.4. The molecule has 2 aliphatic rings. The highest BCUT2D eigenvalue weighted by Crippen LogP contribution is 2.35. The molecule has 0 atom stereocenters. The van der Waals surface area contributed by atoms with E-state index in [9.17, 15) is 4.79 Å². The van der Waals surface area contributed by atoms with Crippen LogP contribution >= 0.6 is 0 Å². The molecule has 0 spiro atoms. The van der Waals surface area contributed by atoms with E-state index >= 15 is 0 Å². The molecule has 2 aliphatic heterocycles. The van der Waals surface area contributed by atoms with E-state index in [1.165, 1.54) is 0 Å². The SMILES string of the molecule is CCc1n[nH]c2c1CN(C(=O)Nc1cc3c(cc1C)OCCO3)CC2. The third kappa shape index (κ3) is 2.90. The first-order valence-corrected chi connectivity index (χ1v) is 8.67. The van der Waals surface area contributed by atoms with Crippen LogP contribution in [-0.4, -0.2) is 40.9 Å². The summed E-state index contributed by atoms with van der Waals surface area (Å²) in [5, 5.41) is 10.4. The summed E-state index contributed by atoms with van der Waals surface area (Å²) in [7, 11) is 0.